The SMILES string of the molecule is Cc1ccc(NCC(=O)NNC(=O)C2CCN(c3ncnc4sc(C)c(C)c34)CC2)c(C)c1. The fraction of sp³-hybridized carbons (Fsp3) is 0.417. The van der Waals surface area contributed by atoms with Crippen molar-refractivity contribution in [2.24, 2.45) is 5.92 Å². The van der Waals surface area contributed by atoms with Crippen LogP contribution in [0.3, 0.4) is 0 Å². The Hall–Kier alpha value is -3.20. The minimum absolute atomic E-state index is 0.0890. The van der Waals surface area contributed by atoms with E-state index in [1.54, 1.807) is 17.7 Å². The average Bonchev–Trinajstić information content (AvgIpc) is 3.10. The number of rotatable bonds is 5. The van der Waals surface area contributed by atoms with Crippen molar-refractivity contribution in [1.82, 2.24) is 20.8 Å². The number of carbonyl (C=O) groups is 2. The molecule has 0 atom stereocenters. The third-order valence-electron chi connectivity index (χ3n) is 6.26. The van der Waals surface area contributed by atoms with E-state index in [4.69, 9.17) is 0 Å². The molecular formula is C24H30N6O2S. The highest BCUT2D eigenvalue weighted by Crippen LogP contribution is 2.35. The first-order valence-electron chi connectivity index (χ1n) is 11.2. The molecule has 0 spiro atoms. The molecule has 0 saturated carbocycles. The first-order valence-corrected chi connectivity index (χ1v) is 12.0. The molecule has 0 bridgehead atoms. The first-order chi connectivity index (χ1) is 15.8. The fourth-order valence-corrected chi connectivity index (χ4v) is 5.21. The van der Waals surface area contributed by atoms with Crippen LogP contribution in [0, 0.1) is 33.6 Å². The van der Waals surface area contributed by atoms with Gasteiger partial charge >= 0.3 is 0 Å². The van der Waals surface area contributed by atoms with Gasteiger partial charge in [0.15, 0.2) is 0 Å². The summed E-state index contributed by atoms with van der Waals surface area (Å²) in [5.74, 6) is 0.375. The molecule has 3 heterocycles. The highest BCUT2D eigenvalue weighted by atomic mass is 32.1. The molecule has 1 aromatic carbocycles. The quantitative estimate of drug-likeness (QED) is 0.499. The minimum atomic E-state index is -0.285. The number of fused-ring (bicyclic) bond motifs is 1. The summed E-state index contributed by atoms with van der Waals surface area (Å²) in [4.78, 5) is 38.2. The van der Waals surface area contributed by atoms with Crippen molar-refractivity contribution in [2.75, 3.05) is 29.9 Å². The van der Waals surface area contributed by atoms with E-state index in [9.17, 15) is 9.59 Å². The normalized spacial score (nSPS) is 14.4. The van der Waals surface area contributed by atoms with Crippen molar-refractivity contribution < 1.29 is 9.59 Å². The first kappa shape index (κ1) is 23.0. The van der Waals surface area contributed by atoms with Gasteiger partial charge in [-0.25, -0.2) is 9.97 Å². The van der Waals surface area contributed by atoms with Crippen molar-refractivity contribution in [1.29, 1.82) is 0 Å². The molecule has 3 N–H and O–H groups in total. The number of benzene rings is 1. The molecule has 1 fully saturated rings. The summed E-state index contributed by atoms with van der Waals surface area (Å²) in [6.07, 6.45) is 3.03. The number of anilines is 2. The summed E-state index contributed by atoms with van der Waals surface area (Å²) in [6.45, 7) is 9.80. The molecule has 8 nitrogen and oxygen atoms in total. The van der Waals surface area contributed by atoms with Gasteiger partial charge in [0, 0.05) is 29.6 Å². The predicted octanol–water partition coefficient (Wildman–Crippen LogP) is 3.40. The molecule has 2 aromatic heterocycles. The third-order valence-corrected chi connectivity index (χ3v) is 7.37. The van der Waals surface area contributed by atoms with Gasteiger partial charge in [-0.15, -0.1) is 11.3 Å². The van der Waals surface area contributed by atoms with E-state index < -0.39 is 0 Å². The van der Waals surface area contributed by atoms with Gasteiger partial charge < -0.3 is 10.2 Å². The Morgan fingerprint density at radius 2 is 1.85 bits per heavy atom. The van der Waals surface area contributed by atoms with Crippen LogP contribution in [0.25, 0.3) is 10.2 Å². The minimum Gasteiger partial charge on any atom is -0.376 e. The van der Waals surface area contributed by atoms with Gasteiger partial charge in [0.05, 0.1) is 11.9 Å². The largest absolute Gasteiger partial charge is 0.376 e. The zero-order valence-corrected chi connectivity index (χ0v) is 20.3. The van der Waals surface area contributed by atoms with Crippen LogP contribution < -0.4 is 21.1 Å². The van der Waals surface area contributed by atoms with E-state index in [1.807, 2.05) is 26.0 Å². The number of nitrogens with zero attached hydrogens (tertiary/aromatic N) is 3. The van der Waals surface area contributed by atoms with Gasteiger partial charge in [0.1, 0.15) is 17.0 Å². The number of aryl methyl sites for hydroxylation is 4. The molecule has 2 amide bonds. The van der Waals surface area contributed by atoms with Gasteiger partial charge in [0.25, 0.3) is 5.91 Å². The Bertz CT molecular complexity index is 1180. The summed E-state index contributed by atoms with van der Waals surface area (Å²) in [5.41, 5.74) is 9.49. The summed E-state index contributed by atoms with van der Waals surface area (Å²) >= 11 is 1.69. The van der Waals surface area contributed by atoms with Crippen molar-refractivity contribution in [3.05, 3.63) is 46.1 Å². The molecule has 0 unspecified atom stereocenters. The van der Waals surface area contributed by atoms with Gasteiger partial charge in [-0.1, -0.05) is 17.7 Å². The number of hydrogen-bond donors (Lipinski definition) is 3. The Balaban J connectivity index is 1.26. The van der Waals surface area contributed by atoms with Gasteiger partial charge in [-0.2, -0.15) is 0 Å². The maximum absolute atomic E-state index is 12.6. The smallest absolute Gasteiger partial charge is 0.257 e. The number of carbonyl (C=O) groups excluding carboxylic acids is 2. The summed E-state index contributed by atoms with van der Waals surface area (Å²) in [6, 6.07) is 6.01. The van der Waals surface area contributed by atoms with E-state index in [0.29, 0.717) is 12.8 Å². The third kappa shape index (κ3) is 5.08. The standard InChI is InChI=1S/C24H30N6O2S/c1-14-5-6-19(15(2)11-14)25-12-20(31)28-29-23(32)18-7-9-30(10-8-18)22-21-16(3)17(4)33-24(21)27-13-26-22/h5-6,11,13,18,25H,7-10,12H2,1-4H3,(H,28,31)(H,29,32). The van der Waals surface area contributed by atoms with Gasteiger partial charge in [-0.3, -0.25) is 20.4 Å². The lowest BCUT2D eigenvalue weighted by Gasteiger charge is -2.32. The molecule has 1 saturated heterocycles. The van der Waals surface area contributed by atoms with Crippen LogP contribution in [0.1, 0.15) is 34.4 Å². The van der Waals surface area contributed by atoms with Crippen LogP contribution in [0.5, 0.6) is 0 Å². The lowest BCUT2D eigenvalue weighted by Crippen LogP contribution is -2.48. The van der Waals surface area contributed by atoms with Crippen LogP contribution in [0.2, 0.25) is 0 Å². The second-order valence-electron chi connectivity index (χ2n) is 8.63. The number of hydrogen-bond acceptors (Lipinski definition) is 7. The van der Waals surface area contributed by atoms with Crippen molar-refractivity contribution in [3.8, 4) is 0 Å². The van der Waals surface area contributed by atoms with E-state index >= 15 is 0 Å². The van der Waals surface area contributed by atoms with Crippen LogP contribution in [-0.4, -0.2) is 41.4 Å². The molecule has 0 radical (unpaired) electrons. The van der Waals surface area contributed by atoms with Crippen molar-refractivity contribution in [3.63, 3.8) is 0 Å². The molecule has 33 heavy (non-hydrogen) atoms. The van der Waals surface area contributed by atoms with Crippen molar-refractivity contribution in [2.45, 2.75) is 40.5 Å². The van der Waals surface area contributed by atoms with Gasteiger partial charge in [0.2, 0.25) is 5.91 Å². The maximum atomic E-state index is 12.6. The number of piperidine rings is 1. The molecule has 1 aliphatic heterocycles. The van der Waals surface area contributed by atoms with Crippen LogP contribution in [0.4, 0.5) is 11.5 Å². The monoisotopic (exact) mass is 466 g/mol. The highest BCUT2D eigenvalue weighted by molar-refractivity contribution is 7.18. The Labute approximate surface area is 197 Å². The zero-order valence-electron chi connectivity index (χ0n) is 19.5. The number of aromatic nitrogens is 2. The second kappa shape index (κ2) is 9.74. The molecule has 174 valence electrons. The second-order valence-corrected chi connectivity index (χ2v) is 9.83. The zero-order chi connectivity index (χ0) is 23.5. The van der Waals surface area contributed by atoms with Crippen LogP contribution >= 0.6 is 11.3 Å². The van der Waals surface area contributed by atoms with E-state index in [-0.39, 0.29) is 24.3 Å². The predicted molar refractivity (Wildman–Crippen MR) is 133 cm³/mol. The van der Waals surface area contributed by atoms with E-state index in [1.165, 1.54) is 16.0 Å². The Kier molecular flexibility index (Phi) is 6.78. The number of nitrogens with one attached hydrogen (secondary N) is 3. The highest BCUT2D eigenvalue weighted by Gasteiger charge is 2.27. The summed E-state index contributed by atoms with van der Waals surface area (Å²) < 4.78 is 0. The fourth-order valence-electron chi connectivity index (χ4n) is 4.22. The maximum Gasteiger partial charge on any atom is 0.257 e. The van der Waals surface area contributed by atoms with Crippen molar-refractivity contribution >= 4 is 44.9 Å². The average molecular weight is 467 g/mol. The Morgan fingerprint density at radius 1 is 1.09 bits per heavy atom. The van der Waals surface area contributed by atoms with E-state index in [2.05, 4.69) is 51.0 Å². The van der Waals surface area contributed by atoms with Gasteiger partial charge in [-0.05, 0) is 57.7 Å². The lowest BCUT2D eigenvalue weighted by molar-refractivity contribution is -0.131. The topological polar surface area (TPSA) is 99.2 Å². The molecule has 0 aliphatic carbocycles. The summed E-state index contributed by atoms with van der Waals surface area (Å²) in [5, 5.41) is 4.22. The van der Waals surface area contributed by atoms with Crippen LogP contribution in [0.15, 0.2) is 24.5 Å². The van der Waals surface area contributed by atoms with Crippen LogP contribution in [-0.2, 0) is 9.59 Å². The lowest BCUT2D eigenvalue weighted by atomic mass is 9.96. The molecule has 1 aliphatic rings. The number of amides is 2. The molecule has 3 aromatic rings. The molecular weight excluding hydrogens is 436 g/mol. The number of hydrazine groups is 1. The van der Waals surface area contributed by atoms with E-state index in [0.717, 1.165) is 40.4 Å². The summed E-state index contributed by atoms with van der Waals surface area (Å²) in [7, 11) is 0. The Morgan fingerprint density at radius 3 is 2.58 bits per heavy atom. The molecule has 4 rings (SSSR count). The molecule has 9 heteroatoms. The number of thiophene rings is 1.